The van der Waals surface area contributed by atoms with E-state index in [1.165, 1.54) is 12.0 Å². The summed E-state index contributed by atoms with van der Waals surface area (Å²) in [6, 6.07) is 4.79. The molecule has 0 spiro atoms. The van der Waals surface area contributed by atoms with Gasteiger partial charge in [0.05, 0.1) is 20.3 Å². The van der Waals surface area contributed by atoms with Gasteiger partial charge in [-0.2, -0.15) is 0 Å². The van der Waals surface area contributed by atoms with Gasteiger partial charge >= 0.3 is 0 Å². The van der Waals surface area contributed by atoms with Crippen LogP contribution in [0.5, 0.6) is 11.5 Å². The predicted octanol–water partition coefficient (Wildman–Crippen LogP) is 0.853. The number of hydrogen-bond donors (Lipinski definition) is 1. The van der Waals surface area contributed by atoms with Crippen molar-refractivity contribution in [3.05, 3.63) is 23.8 Å². The molecular formula is C14H18N2O4. The van der Waals surface area contributed by atoms with Crippen LogP contribution in [-0.4, -0.2) is 37.5 Å². The molecule has 2 N–H and O–H groups in total. The zero-order valence-electron chi connectivity index (χ0n) is 11.6. The quantitative estimate of drug-likeness (QED) is 0.808. The summed E-state index contributed by atoms with van der Waals surface area (Å²) in [6.45, 7) is 0.167. The number of hydrogen-bond acceptors (Lipinski definition) is 5. The van der Waals surface area contributed by atoms with Crippen molar-refractivity contribution in [3.8, 4) is 11.5 Å². The zero-order valence-corrected chi connectivity index (χ0v) is 11.6. The van der Waals surface area contributed by atoms with E-state index >= 15 is 0 Å². The van der Waals surface area contributed by atoms with Crippen molar-refractivity contribution in [1.29, 1.82) is 0 Å². The largest absolute Gasteiger partial charge is 0.497 e. The minimum Gasteiger partial charge on any atom is -0.497 e. The van der Waals surface area contributed by atoms with E-state index in [4.69, 9.17) is 15.2 Å². The normalized spacial score (nSPS) is 16.4. The van der Waals surface area contributed by atoms with Gasteiger partial charge in [-0.15, -0.1) is 0 Å². The molecule has 108 valence electrons. The van der Waals surface area contributed by atoms with Crippen molar-refractivity contribution in [3.63, 3.8) is 0 Å². The summed E-state index contributed by atoms with van der Waals surface area (Å²) in [5.74, 6) is 0.901. The van der Waals surface area contributed by atoms with Crippen molar-refractivity contribution in [2.24, 2.45) is 5.73 Å². The van der Waals surface area contributed by atoms with Gasteiger partial charge < -0.3 is 15.2 Å². The Hall–Kier alpha value is -2.08. The third-order valence-corrected chi connectivity index (χ3v) is 3.37. The molecule has 1 aromatic rings. The summed E-state index contributed by atoms with van der Waals surface area (Å²) in [5.41, 5.74) is 6.84. The molecule has 1 aromatic carbocycles. The maximum absolute atomic E-state index is 11.6. The minimum absolute atomic E-state index is 0.167. The molecule has 0 saturated carbocycles. The number of methoxy groups -OCH3 is 2. The lowest BCUT2D eigenvalue weighted by molar-refractivity contribution is -0.138. The maximum atomic E-state index is 11.6. The van der Waals surface area contributed by atoms with Gasteiger partial charge in [0, 0.05) is 31.0 Å². The van der Waals surface area contributed by atoms with Gasteiger partial charge in [0.2, 0.25) is 11.8 Å². The SMILES string of the molecule is COc1ccc(C(N)CN2C(=O)CCC2=O)c(OC)c1. The van der Waals surface area contributed by atoms with E-state index in [9.17, 15) is 9.59 Å². The Morgan fingerprint density at radius 1 is 1.20 bits per heavy atom. The predicted molar refractivity (Wildman–Crippen MR) is 72.4 cm³/mol. The van der Waals surface area contributed by atoms with Crippen LogP contribution in [0.3, 0.4) is 0 Å². The summed E-state index contributed by atoms with van der Waals surface area (Å²) in [7, 11) is 3.10. The first-order valence-electron chi connectivity index (χ1n) is 6.37. The Morgan fingerprint density at radius 3 is 2.40 bits per heavy atom. The minimum atomic E-state index is -0.484. The number of benzene rings is 1. The molecule has 20 heavy (non-hydrogen) atoms. The molecule has 6 heteroatoms. The van der Waals surface area contributed by atoms with E-state index < -0.39 is 6.04 Å². The summed E-state index contributed by atoms with van der Waals surface area (Å²) in [6.07, 6.45) is 0.538. The first-order valence-corrected chi connectivity index (χ1v) is 6.37. The van der Waals surface area contributed by atoms with Gasteiger partial charge in [0.1, 0.15) is 11.5 Å². The van der Waals surface area contributed by atoms with E-state index in [-0.39, 0.29) is 31.2 Å². The van der Waals surface area contributed by atoms with Crippen LogP contribution in [0.25, 0.3) is 0 Å². The smallest absolute Gasteiger partial charge is 0.229 e. The Kier molecular flexibility index (Phi) is 4.24. The monoisotopic (exact) mass is 278 g/mol. The number of imide groups is 1. The molecule has 1 heterocycles. The third kappa shape index (κ3) is 2.75. The van der Waals surface area contributed by atoms with Crippen molar-refractivity contribution >= 4 is 11.8 Å². The van der Waals surface area contributed by atoms with E-state index in [1.807, 2.05) is 0 Å². The average Bonchev–Trinajstić information content (AvgIpc) is 2.78. The van der Waals surface area contributed by atoms with Crippen molar-refractivity contribution in [2.75, 3.05) is 20.8 Å². The Labute approximate surface area is 117 Å². The molecule has 2 amide bonds. The summed E-state index contributed by atoms with van der Waals surface area (Å²) in [5, 5.41) is 0. The summed E-state index contributed by atoms with van der Waals surface area (Å²) >= 11 is 0. The molecule has 1 unspecified atom stereocenters. The molecule has 0 bridgehead atoms. The lowest BCUT2D eigenvalue weighted by atomic mass is 10.1. The van der Waals surface area contributed by atoms with Gasteiger partial charge in [0.25, 0.3) is 0 Å². The molecule has 6 nitrogen and oxygen atoms in total. The fraction of sp³-hybridized carbons (Fsp3) is 0.429. The van der Waals surface area contributed by atoms with Gasteiger partial charge in [0.15, 0.2) is 0 Å². The van der Waals surface area contributed by atoms with Gasteiger partial charge in [-0.25, -0.2) is 0 Å². The number of nitrogens with zero attached hydrogens (tertiary/aromatic N) is 1. The van der Waals surface area contributed by atoms with E-state index in [2.05, 4.69) is 0 Å². The molecular weight excluding hydrogens is 260 g/mol. The van der Waals surface area contributed by atoms with Crippen LogP contribution >= 0.6 is 0 Å². The Bertz CT molecular complexity index is 514. The van der Waals surface area contributed by atoms with Gasteiger partial charge in [-0.05, 0) is 6.07 Å². The summed E-state index contributed by atoms with van der Waals surface area (Å²) < 4.78 is 10.4. The molecule has 1 aliphatic rings. The number of nitrogens with two attached hydrogens (primary N) is 1. The highest BCUT2D eigenvalue weighted by molar-refractivity contribution is 6.01. The van der Waals surface area contributed by atoms with E-state index in [1.54, 1.807) is 25.3 Å². The van der Waals surface area contributed by atoms with Gasteiger partial charge in [-0.3, -0.25) is 14.5 Å². The molecule has 1 aliphatic heterocycles. The second kappa shape index (κ2) is 5.92. The number of carbonyl (C=O) groups excluding carboxylic acids is 2. The lowest BCUT2D eigenvalue weighted by Gasteiger charge is -2.21. The fourth-order valence-corrected chi connectivity index (χ4v) is 2.25. The Balaban J connectivity index is 2.18. The number of likely N-dealkylation sites (tertiary alicyclic amines) is 1. The van der Waals surface area contributed by atoms with Crippen LogP contribution in [0.15, 0.2) is 18.2 Å². The lowest BCUT2D eigenvalue weighted by Crippen LogP contribution is -2.36. The first-order chi connectivity index (χ1) is 9.56. The number of amides is 2. The van der Waals surface area contributed by atoms with Crippen LogP contribution in [0.4, 0.5) is 0 Å². The number of carbonyl (C=O) groups is 2. The Morgan fingerprint density at radius 2 is 1.85 bits per heavy atom. The zero-order chi connectivity index (χ0) is 14.7. The van der Waals surface area contributed by atoms with Crippen LogP contribution in [-0.2, 0) is 9.59 Å². The van der Waals surface area contributed by atoms with Gasteiger partial charge in [-0.1, -0.05) is 6.07 Å². The topological polar surface area (TPSA) is 81.9 Å². The molecule has 0 radical (unpaired) electrons. The summed E-state index contributed by atoms with van der Waals surface area (Å²) in [4.78, 5) is 24.4. The van der Waals surface area contributed by atoms with Crippen molar-refractivity contribution < 1.29 is 19.1 Å². The fourth-order valence-electron chi connectivity index (χ4n) is 2.25. The van der Waals surface area contributed by atoms with Crippen LogP contribution in [0, 0.1) is 0 Å². The number of ether oxygens (including phenoxy) is 2. The molecule has 1 fully saturated rings. The second-order valence-corrected chi connectivity index (χ2v) is 4.61. The van der Waals surface area contributed by atoms with Crippen molar-refractivity contribution in [1.82, 2.24) is 4.90 Å². The molecule has 2 rings (SSSR count). The standard InChI is InChI=1S/C14H18N2O4/c1-19-9-3-4-10(12(7-9)20-2)11(15)8-16-13(17)5-6-14(16)18/h3-4,7,11H,5-6,8,15H2,1-2H3. The van der Waals surface area contributed by atoms with E-state index in [0.29, 0.717) is 11.5 Å². The van der Waals surface area contributed by atoms with Crippen molar-refractivity contribution in [2.45, 2.75) is 18.9 Å². The van der Waals surface area contributed by atoms with Crippen LogP contribution < -0.4 is 15.2 Å². The average molecular weight is 278 g/mol. The highest BCUT2D eigenvalue weighted by Crippen LogP contribution is 2.29. The highest BCUT2D eigenvalue weighted by atomic mass is 16.5. The highest BCUT2D eigenvalue weighted by Gasteiger charge is 2.30. The number of rotatable bonds is 5. The third-order valence-electron chi connectivity index (χ3n) is 3.37. The van der Waals surface area contributed by atoms with Crippen LogP contribution in [0.2, 0.25) is 0 Å². The van der Waals surface area contributed by atoms with Crippen LogP contribution in [0.1, 0.15) is 24.4 Å². The first kappa shape index (κ1) is 14.3. The molecule has 1 atom stereocenters. The second-order valence-electron chi connectivity index (χ2n) is 4.61. The molecule has 1 saturated heterocycles. The van der Waals surface area contributed by atoms with E-state index in [0.717, 1.165) is 5.56 Å². The maximum Gasteiger partial charge on any atom is 0.229 e. The molecule has 0 aromatic heterocycles. The molecule has 0 aliphatic carbocycles.